The van der Waals surface area contributed by atoms with Crippen LogP contribution in [0.15, 0.2) is 17.1 Å². The van der Waals surface area contributed by atoms with Gasteiger partial charge >= 0.3 is 5.97 Å². The van der Waals surface area contributed by atoms with Gasteiger partial charge < -0.3 is 16.2 Å². The van der Waals surface area contributed by atoms with E-state index in [1.807, 2.05) is 0 Å². The summed E-state index contributed by atoms with van der Waals surface area (Å²) in [5, 5.41) is 0. The smallest absolute Gasteiger partial charge is 0.322 e. The maximum absolute atomic E-state index is 12.1. The Bertz CT molecular complexity index is 552. The second-order valence-electron chi connectivity index (χ2n) is 3.84. The summed E-state index contributed by atoms with van der Waals surface area (Å²) in [5.41, 5.74) is 12.6. The molecule has 0 fully saturated rings. The third kappa shape index (κ3) is 1.81. The number of nitrogens with zero attached hydrogens (tertiary/aromatic N) is 1. The molecule has 1 aliphatic rings. The minimum atomic E-state index is -1.000. The van der Waals surface area contributed by atoms with Crippen LogP contribution in [0, 0.1) is 5.92 Å². The highest BCUT2D eigenvalue weighted by atomic mass is 16.5. The summed E-state index contributed by atoms with van der Waals surface area (Å²) in [6, 6.07) is 3.04. The highest BCUT2D eigenvalue weighted by molar-refractivity contribution is 6.23. The van der Waals surface area contributed by atoms with Gasteiger partial charge in [0.05, 0.1) is 23.7 Å². The minimum absolute atomic E-state index is 0.215. The van der Waals surface area contributed by atoms with Gasteiger partial charge in [0.2, 0.25) is 0 Å². The molecular weight excluding hydrogens is 234 g/mol. The molecule has 1 aromatic rings. The lowest BCUT2D eigenvalue weighted by molar-refractivity contribution is -0.143. The number of nitrogens with two attached hydrogens (primary N) is 2. The quantitative estimate of drug-likeness (QED) is 0.459. The zero-order valence-corrected chi connectivity index (χ0v) is 9.84. The SMILES string of the molecule is CCOC(=O)C1C=Nc2c(ccc(N)c2N)C1=O. The van der Waals surface area contributed by atoms with Gasteiger partial charge in [0.25, 0.3) is 0 Å². The van der Waals surface area contributed by atoms with Crippen molar-refractivity contribution in [1.29, 1.82) is 0 Å². The van der Waals surface area contributed by atoms with Crippen LogP contribution in [0.5, 0.6) is 0 Å². The molecule has 94 valence electrons. The van der Waals surface area contributed by atoms with E-state index < -0.39 is 11.9 Å². The third-order valence-corrected chi connectivity index (χ3v) is 2.69. The number of Topliss-reactive ketones (excluding diaryl/α,β-unsaturated/α-hetero) is 1. The van der Waals surface area contributed by atoms with Crippen LogP contribution in [-0.4, -0.2) is 24.6 Å². The van der Waals surface area contributed by atoms with Gasteiger partial charge in [-0.05, 0) is 19.1 Å². The monoisotopic (exact) mass is 247 g/mol. The Hall–Kier alpha value is -2.37. The molecule has 6 nitrogen and oxygen atoms in total. The summed E-state index contributed by atoms with van der Waals surface area (Å²) >= 11 is 0. The standard InChI is InChI=1S/C12H13N3O3/c1-2-18-12(17)7-5-15-10-6(11(7)16)3-4-8(13)9(10)14/h3-5,7H,2,13-14H2,1H3. The lowest BCUT2D eigenvalue weighted by Gasteiger charge is -2.18. The van der Waals surface area contributed by atoms with E-state index in [4.69, 9.17) is 16.2 Å². The van der Waals surface area contributed by atoms with E-state index >= 15 is 0 Å². The Kier molecular flexibility index (Phi) is 3.01. The van der Waals surface area contributed by atoms with E-state index in [-0.39, 0.29) is 18.1 Å². The van der Waals surface area contributed by atoms with Crippen LogP contribution in [0.25, 0.3) is 0 Å². The zero-order chi connectivity index (χ0) is 13.3. The number of aliphatic imine (C=N–C) groups is 1. The van der Waals surface area contributed by atoms with Crippen molar-refractivity contribution < 1.29 is 14.3 Å². The van der Waals surface area contributed by atoms with Crippen LogP contribution in [0.3, 0.4) is 0 Å². The Morgan fingerprint density at radius 3 is 2.83 bits per heavy atom. The van der Waals surface area contributed by atoms with E-state index in [1.54, 1.807) is 6.92 Å². The summed E-state index contributed by atoms with van der Waals surface area (Å²) in [4.78, 5) is 27.7. The molecule has 0 amide bonds. The van der Waals surface area contributed by atoms with Crippen LogP contribution >= 0.6 is 0 Å². The first-order valence-electron chi connectivity index (χ1n) is 5.49. The van der Waals surface area contributed by atoms with E-state index in [2.05, 4.69) is 4.99 Å². The predicted octanol–water partition coefficient (Wildman–Crippen LogP) is 0.929. The van der Waals surface area contributed by atoms with Gasteiger partial charge in [0.15, 0.2) is 11.7 Å². The largest absolute Gasteiger partial charge is 0.465 e. The maximum Gasteiger partial charge on any atom is 0.322 e. The number of nitrogen functional groups attached to an aromatic ring is 2. The predicted molar refractivity (Wildman–Crippen MR) is 67.9 cm³/mol. The van der Waals surface area contributed by atoms with Gasteiger partial charge in [-0.1, -0.05) is 0 Å². The minimum Gasteiger partial charge on any atom is -0.465 e. The van der Waals surface area contributed by atoms with Crippen molar-refractivity contribution in [1.82, 2.24) is 0 Å². The molecule has 1 unspecified atom stereocenters. The highest BCUT2D eigenvalue weighted by Gasteiger charge is 2.32. The number of benzene rings is 1. The number of anilines is 2. The molecule has 0 bridgehead atoms. The number of ether oxygens (including phenoxy) is 1. The van der Waals surface area contributed by atoms with E-state index in [9.17, 15) is 9.59 Å². The van der Waals surface area contributed by atoms with E-state index in [0.29, 0.717) is 16.9 Å². The molecule has 0 aromatic heterocycles. The third-order valence-electron chi connectivity index (χ3n) is 2.69. The Morgan fingerprint density at radius 2 is 2.17 bits per heavy atom. The second kappa shape index (κ2) is 4.48. The van der Waals surface area contributed by atoms with Crippen molar-refractivity contribution in [3.63, 3.8) is 0 Å². The van der Waals surface area contributed by atoms with E-state index in [0.717, 1.165) is 0 Å². The fourth-order valence-corrected chi connectivity index (χ4v) is 1.75. The van der Waals surface area contributed by atoms with Crippen molar-refractivity contribution in [2.45, 2.75) is 6.92 Å². The molecule has 0 saturated carbocycles. The van der Waals surface area contributed by atoms with Crippen molar-refractivity contribution >= 4 is 35.0 Å². The van der Waals surface area contributed by atoms with Gasteiger partial charge in [-0.15, -0.1) is 0 Å². The average Bonchev–Trinajstić information content (AvgIpc) is 2.34. The molecule has 0 radical (unpaired) electrons. The molecule has 0 spiro atoms. The van der Waals surface area contributed by atoms with Gasteiger partial charge in [-0.2, -0.15) is 0 Å². The highest BCUT2D eigenvalue weighted by Crippen LogP contribution is 2.35. The van der Waals surface area contributed by atoms with Crippen molar-refractivity contribution in [3.05, 3.63) is 17.7 Å². The summed E-state index contributed by atoms with van der Waals surface area (Å²) in [6.45, 7) is 1.89. The van der Waals surface area contributed by atoms with Gasteiger partial charge in [0, 0.05) is 11.8 Å². The first-order valence-corrected chi connectivity index (χ1v) is 5.49. The van der Waals surface area contributed by atoms with E-state index in [1.165, 1.54) is 18.3 Å². The molecule has 1 aliphatic heterocycles. The Balaban J connectivity index is 2.42. The first-order chi connectivity index (χ1) is 8.56. The van der Waals surface area contributed by atoms with Crippen molar-refractivity contribution in [2.75, 3.05) is 18.1 Å². The topological polar surface area (TPSA) is 108 Å². The van der Waals surface area contributed by atoms with Crippen LogP contribution in [0.4, 0.5) is 17.1 Å². The summed E-state index contributed by atoms with van der Waals surface area (Å²) in [5.74, 6) is -1.97. The second-order valence-corrected chi connectivity index (χ2v) is 3.84. The Labute approximate surface area is 104 Å². The molecule has 1 aromatic carbocycles. The van der Waals surface area contributed by atoms with Crippen molar-refractivity contribution in [2.24, 2.45) is 10.9 Å². The average molecular weight is 247 g/mol. The summed E-state index contributed by atoms with van der Waals surface area (Å²) in [7, 11) is 0. The number of esters is 1. The molecule has 6 heteroatoms. The number of carbonyl (C=O) groups is 2. The number of carbonyl (C=O) groups excluding carboxylic acids is 2. The fraction of sp³-hybridized carbons (Fsp3) is 0.250. The molecular formula is C12H13N3O3. The number of rotatable bonds is 2. The molecule has 1 atom stereocenters. The Morgan fingerprint density at radius 1 is 1.44 bits per heavy atom. The lowest BCUT2D eigenvalue weighted by atomic mass is 9.93. The maximum atomic E-state index is 12.1. The van der Waals surface area contributed by atoms with Gasteiger partial charge in [-0.25, -0.2) is 0 Å². The molecule has 0 aliphatic carbocycles. The number of fused-ring (bicyclic) bond motifs is 1. The molecule has 4 N–H and O–H groups in total. The fourth-order valence-electron chi connectivity index (χ4n) is 1.75. The summed E-state index contributed by atoms with van der Waals surface area (Å²) < 4.78 is 4.81. The van der Waals surface area contributed by atoms with Gasteiger partial charge in [0.1, 0.15) is 0 Å². The molecule has 18 heavy (non-hydrogen) atoms. The zero-order valence-electron chi connectivity index (χ0n) is 9.84. The van der Waals surface area contributed by atoms with Crippen LogP contribution < -0.4 is 11.5 Å². The number of ketones is 1. The molecule has 1 heterocycles. The summed E-state index contributed by atoms with van der Waals surface area (Å²) in [6.07, 6.45) is 1.25. The van der Waals surface area contributed by atoms with Crippen LogP contribution in [0.2, 0.25) is 0 Å². The first kappa shape index (κ1) is 12.1. The molecule has 2 rings (SSSR count). The normalized spacial score (nSPS) is 17.4. The van der Waals surface area contributed by atoms with Crippen molar-refractivity contribution in [3.8, 4) is 0 Å². The van der Waals surface area contributed by atoms with Crippen LogP contribution in [-0.2, 0) is 9.53 Å². The number of hydrogen-bond donors (Lipinski definition) is 2. The van der Waals surface area contributed by atoms with Gasteiger partial charge in [-0.3, -0.25) is 14.6 Å². The number of hydrogen-bond acceptors (Lipinski definition) is 6. The lowest BCUT2D eigenvalue weighted by Crippen LogP contribution is -2.29. The van der Waals surface area contributed by atoms with Crippen LogP contribution in [0.1, 0.15) is 17.3 Å². The molecule has 0 saturated heterocycles.